The van der Waals surface area contributed by atoms with Crippen molar-refractivity contribution in [2.24, 2.45) is 5.92 Å². The van der Waals surface area contributed by atoms with E-state index < -0.39 is 5.60 Å². The van der Waals surface area contributed by atoms with Crippen LogP contribution in [0, 0.1) is 5.92 Å². The quantitative estimate of drug-likeness (QED) is 0.901. The molecule has 1 atom stereocenters. The predicted octanol–water partition coefficient (Wildman–Crippen LogP) is 2.91. The Labute approximate surface area is 121 Å². The van der Waals surface area contributed by atoms with E-state index in [1.54, 1.807) is 0 Å². The fourth-order valence-electron chi connectivity index (χ4n) is 2.75. The lowest BCUT2D eigenvalue weighted by Gasteiger charge is -2.33. The largest absolute Gasteiger partial charge is 0.382 e. The van der Waals surface area contributed by atoms with E-state index >= 15 is 0 Å². The smallest absolute Gasteiger partial charge is 0.170 e. The first-order chi connectivity index (χ1) is 9.44. The highest BCUT2D eigenvalue weighted by atomic mass is 16.3. The molecule has 2 rings (SSSR count). The molecule has 1 N–H and O–H groups in total. The fourth-order valence-corrected chi connectivity index (χ4v) is 2.75. The van der Waals surface area contributed by atoms with Crippen LogP contribution in [0.25, 0.3) is 0 Å². The number of hydrogen-bond donors (Lipinski definition) is 1. The van der Waals surface area contributed by atoms with E-state index in [1.807, 2.05) is 16.9 Å². The molecule has 1 saturated carbocycles. The van der Waals surface area contributed by atoms with E-state index in [9.17, 15) is 9.90 Å². The Morgan fingerprint density at radius 3 is 2.80 bits per heavy atom. The van der Waals surface area contributed by atoms with E-state index in [-0.39, 0.29) is 12.2 Å². The zero-order chi connectivity index (χ0) is 14.8. The molecule has 1 fully saturated rings. The lowest BCUT2D eigenvalue weighted by molar-refractivity contribution is -0.140. The van der Waals surface area contributed by atoms with Crippen LogP contribution < -0.4 is 0 Å². The van der Waals surface area contributed by atoms with Gasteiger partial charge in [0.2, 0.25) is 0 Å². The minimum Gasteiger partial charge on any atom is -0.382 e. The van der Waals surface area contributed by atoms with Crippen LogP contribution >= 0.6 is 0 Å². The third kappa shape index (κ3) is 3.29. The average Bonchev–Trinajstić information content (AvgIpc) is 2.90. The van der Waals surface area contributed by atoms with E-state index in [0.717, 1.165) is 25.0 Å². The van der Waals surface area contributed by atoms with Gasteiger partial charge in [-0.25, -0.2) is 0 Å². The molecule has 0 spiro atoms. The first kappa shape index (κ1) is 15.2. The number of rotatable bonds is 5. The molecule has 0 radical (unpaired) electrons. The molecule has 0 saturated heterocycles. The molecule has 0 amide bonds. The first-order valence-corrected chi connectivity index (χ1v) is 7.74. The Kier molecular flexibility index (Phi) is 4.63. The van der Waals surface area contributed by atoms with Crippen molar-refractivity contribution in [2.75, 3.05) is 0 Å². The van der Waals surface area contributed by atoms with Gasteiger partial charge in [-0.1, -0.05) is 13.8 Å². The molecular weight excluding hydrogens is 252 g/mol. The maximum atomic E-state index is 12.3. The molecule has 1 aliphatic carbocycles. The number of hydrogen-bond acceptors (Lipinski definition) is 3. The van der Waals surface area contributed by atoms with Crippen molar-refractivity contribution < 1.29 is 9.90 Å². The van der Waals surface area contributed by atoms with Gasteiger partial charge in [-0.3, -0.25) is 9.48 Å². The molecular formula is C16H26N2O2. The van der Waals surface area contributed by atoms with Crippen LogP contribution in [0.5, 0.6) is 0 Å². The second-order valence-electron chi connectivity index (χ2n) is 6.36. The summed E-state index contributed by atoms with van der Waals surface area (Å²) >= 11 is 0. The zero-order valence-electron chi connectivity index (χ0n) is 12.8. The maximum absolute atomic E-state index is 12.3. The van der Waals surface area contributed by atoms with Gasteiger partial charge in [-0.05, 0) is 51.0 Å². The third-order valence-electron chi connectivity index (χ3n) is 4.67. The SMILES string of the molecule is CCC(C)n1ccc(CC(=O)C2(O)CCC(C)CC2)n1. The minimum atomic E-state index is -1.12. The molecule has 20 heavy (non-hydrogen) atoms. The predicted molar refractivity (Wildman–Crippen MR) is 78.5 cm³/mol. The summed E-state index contributed by atoms with van der Waals surface area (Å²) in [5, 5.41) is 14.9. The zero-order valence-corrected chi connectivity index (χ0v) is 12.8. The van der Waals surface area contributed by atoms with Gasteiger partial charge >= 0.3 is 0 Å². The van der Waals surface area contributed by atoms with Gasteiger partial charge in [0.1, 0.15) is 5.60 Å². The minimum absolute atomic E-state index is 0.0706. The van der Waals surface area contributed by atoms with Crippen molar-refractivity contribution in [1.29, 1.82) is 0 Å². The summed E-state index contributed by atoms with van der Waals surface area (Å²) < 4.78 is 1.90. The molecule has 1 unspecified atom stereocenters. The van der Waals surface area contributed by atoms with Gasteiger partial charge in [-0.15, -0.1) is 0 Å². The highest BCUT2D eigenvalue weighted by molar-refractivity contribution is 5.88. The number of ketones is 1. The molecule has 0 aliphatic heterocycles. The van der Waals surface area contributed by atoms with Crippen LogP contribution in [0.15, 0.2) is 12.3 Å². The highest BCUT2D eigenvalue weighted by Crippen LogP contribution is 2.33. The molecule has 4 nitrogen and oxygen atoms in total. The van der Waals surface area contributed by atoms with E-state index in [1.165, 1.54) is 0 Å². The van der Waals surface area contributed by atoms with Crippen LogP contribution in [0.3, 0.4) is 0 Å². The molecule has 1 aromatic rings. The Bertz CT molecular complexity index is 459. The second-order valence-corrected chi connectivity index (χ2v) is 6.36. The van der Waals surface area contributed by atoms with Crippen molar-refractivity contribution in [3.63, 3.8) is 0 Å². The standard InChI is InChI=1S/C16H26N2O2/c1-4-13(3)18-10-7-14(17-18)11-15(19)16(20)8-5-12(2)6-9-16/h7,10,12-13,20H,4-6,8-9,11H2,1-3H3. The normalized spacial score (nSPS) is 28.3. The topological polar surface area (TPSA) is 55.1 Å². The summed E-state index contributed by atoms with van der Waals surface area (Å²) in [6.45, 7) is 6.40. The molecule has 1 aromatic heterocycles. The van der Waals surface area contributed by atoms with Crippen LogP contribution in [0.1, 0.15) is 64.6 Å². The van der Waals surface area contributed by atoms with Gasteiger partial charge in [0.15, 0.2) is 5.78 Å². The third-order valence-corrected chi connectivity index (χ3v) is 4.67. The van der Waals surface area contributed by atoms with Gasteiger partial charge in [0, 0.05) is 12.2 Å². The molecule has 1 aliphatic rings. The monoisotopic (exact) mass is 278 g/mol. The Hall–Kier alpha value is -1.16. The molecule has 4 heteroatoms. The molecule has 112 valence electrons. The first-order valence-electron chi connectivity index (χ1n) is 7.74. The number of aromatic nitrogens is 2. The molecule has 0 aromatic carbocycles. The van der Waals surface area contributed by atoms with Crippen LogP contribution in [-0.2, 0) is 11.2 Å². The van der Waals surface area contributed by atoms with Gasteiger partial charge in [0.05, 0.1) is 12.1 Å². The number of carbonyl (C=O) groups is 1. The van der Waals surface area contributed by atoms with Crippen molar-refractivity contribution in [3.05, 3.63) is 18.0 Å². The maximum Gasteiger partial charge on any atom is 0.170 e. The molecule has 0 bridgehead atoms. The summed E-state index contributed by atoms with van der Waals surface area (Å²) in [5.41, 5.74) is -0.352. The summed E-state index contributed by atoms with van der Waals surface area (Å²) in [4.78, 5) is 12.3. The summed E-state index contributed by atoms with van der Waals surface area (Å²) in [6.07, 6.45) is 6.24. The van der Waals surface area contributed by atoms with Crippen LogP contribution in [-0.4, -0.2) is 26.3 Å². The lowest BCUT2D eigenvalue weighted by Crippen LogP contribution is -2.42. The van der Waals surface area contributed by atoms with Crippen molar-refractivity contribution in [1.82, 2.24) is 9.78 Å². The van der Waals surface area contributed by atoms with E-state index in [4.69, 9.17) is 0 Å². The van der Waals surface area contributed by atoms with Crippen LogP contribution in [0.2, 0.25) is 0 Å². The summed E-state index contributed by atoms with van der Waals surface area (Å²) in [6, 6.07) is 2.23. The van der Waals surface area contributed by atoms with Gasteiger partial charge in [-0.2, -0.15) is 5.10 Å². The van der Waals surface area contributed by atoms with Crippen molar-refractivity contribution in [3.8, 4) is 0 Å². The van der Waals surface area contributed by atoms with Gasteiger partial charge in [0.25, 0.3) is 0 Å². The Morgan fingerprint density at radius 2 is 2.20 bits per heavy atom. The van der Waals surface area contributed by atoms with Crippen LogP contribution in [0.4, 0.5) is 0 Å². The number of Topliss-reactive ketones (excluding diaryl/α,β-unsaturated/α-hetero) is 1. The van der Waals surface area contributed by atoms with Crippen molar-refractivity contribution >= 4 is 5.78 Å². The molecule has 1 heterocycles. The number of aliphatic hydroxyl groups is 1. The summed E-state index contributed by atoms with van der Waals surface area (Å²) in [5.74, 6) is 0.548. The Morgan fingerprint density at radius 1 is 1.55 bits per heavy atom. The fraction of sp³-hybridized carbons (Fsp3) is 0.750. The lowest BCUT2D eigenvalue weighted by atomic mass is 9.76. The van der Waals surface area contributed by atoms with Gasteiger partial charge < -0.3 is 5.11 Å². The van der Waals surface area contributed by atoms with E-state index in [2.05, 4.69) is 25.9 Å². The average molecular weight is 278 g/mol. The number of carbonyl (C=O) groups excluding carboxylic acids is 1. The van der Waals surface area contributed by atoms with E-state index in [0.29, 0.717) is 24.8 Å². The summed E-state index contributed by atoms with van der Waals surface area (Å²) in [7, 11) is 0. The number of nitrogens with zero attached hydrogens (tertiary/aromatic N) is 2. The highest BCUT2D eigenvalue weighted by Gasteiger charge is 2.38. The second kappa shape index (κ2) is 6.08. The van der Waals surface area contributed by atoms with Crippen molar-refractivity contribution in [2.45, 2.75) is 70.9 Å². The Balaban J connectivity index is 1.99.